The van der Waals surface area contributed by atoms with Gasteiger partial charge in [0.1, 0.15) is 11.2 Å². The molecule has 4 rings (SSSR count). The normalized spacial score (nSPS) is 22.2. The molecular formula is C18H18F2N2O3. The highest BCUT2D eigenvalue weighted by atomic mass is 19.3. The van der Waals surface area contributed by atoms with Crippen molar-refractivity contribution >= 4 is 22.8 Å². The summed E-state index contributed by atoms with van der Waals surface area (Å²) in [5.41, 5.74) is -0.0408. The monoisotopic (exact) mass is 348 g/mol. The number of halogens is 2. The van der Waals surface area contributed by atoms with Gasteiger partial charge in [0.15, 0.2) is 0 Å². The van der Waals surface area contributed by atoms with Gasteiger partial charge in [-0.3, -0.25) is 4.79 Å². The van der Waals surface area contributed by atoms with E-state index < -0.39 is 28.8 Å². The summed E-state index contributed by atoms with van der Waals surface area (Å²) in [7, 11) is 0. The molecule has 1 heterocycles. The van der Waals surface area contributed by atoms with Crippen LogP contribution in [0.2, 0.25) is 0 Å². The fourth-order valence-electron chi connectivity index (χ4n) is 4.53. The molecule has 7 heteroatoms. The van der Waals surface area contributed by atoms with Crippen LogP contribution in [0.3, 0.4) is 0 Å². The van der Waals surface area contributed by atoms with Crippen LogP contribution < -0.4 is 5.32 Å². The van der Waals surface area contributed by atoms with Crippen LogP contribution in [0.5, 0.6) is 0 Å². The topological polar surface area (TPSA) is 82.2 Å². The van der Waals surface area contributed by atoms with E-state index in [0.717, 1.165) is 16.5 Å². The minimum atomic E-state index is -2.70. The van der Waals surface area contributed by atoms with E-state index in [1.165, 1.54) is 0 Å². The summed E-state index contributed by atoms with van der Waals surface area (Å²) >= 11 is 0. The van der Waals surface area contributed by atoms with Gasteiger partial charge >= 0.3 is 5.97 Å². The minimum absolute atomic E-state index is 0.0515. The maximum Gasteiger partial charge on any atom is 0.329 e. The van der Waals surface area contributed by atoms with E-state index in [-0.39, 0.29) is 31.4 Å². The van der Waals surface area contributed by atoms with Gasteiger partial charge in [0.25, 0.3) is 5.91 Å². The SMILES string of the molecule is Cc1cccc2cc(C(=O)NC3(C(=O)O)CC4(CC(F)(F)C4)C3)[nH]c12. The lowest BCUT2D eigenvalue weighted by Gasteiger charge is -2.61. The number of hydrogen-bond donors (Lipinski definition) is 3. The average molecular weight is 348 g/mol. The largest absolute Gasteiger partial charge is 0.480 e. The van der Waals surface area contributed by atoms with Crippen molar-refractivity contribution in [2.24, 2.45) is 5.41 Å². The number of nitrogens with one attached hydrogen (secondary N) is 2. The predicted octanol–water partition coefficient (Wildman–Crippen LogP) is 3.24. The minimum Gasteiger partial charge on any atom is -0.480 e. The third kappa shape index (κ3) is 2.41. The molecule has 0 atom stereocenters. The van der Waals surface area contributed by atoms with Crippen LogP contribution in [0.4, 0.5) is 8.78 Å². The zero-order chi connectivity index (χ0) is 18.0. The lowest BCUT2D eigenvalue weighted by molar-refractivity contribution is -0.220. The fraction of sp³-hybridized carbons (Fsp3) is 0.444. The number of carbonyl (C=O) groups excluding carboxylic acids is 1. The highest BCUT2D eigenvalue weighted by Crippen LogP contribution is 2.65. The van der Waals surface area contributed by atoms with E-state index in [9.17, 15) is 23.5 Å². The lowest BCUT2D eigenvalue weighted by Crippen LogP contribution is -2.71. The van der Waals surface area contributed by atoms with Gasteiger partial charge in [-0.05, 0) is 36.8 Å². The Morgan fingerprint density at radius 2 is 1.88 bits per heavy atom. The van der Waals surface area contributed by atoms with Crippen molar-refractivity contribution in [2.75, 3.05) is 0 Å². The van der Waals surface area contributed by atoms with Crippen LogP contribution in [0.25, 0.3) is 10.9 Å². The number of carboxylic acids is 1. The summed E-state index contributed by atoms with van der Waals surface area (Å²) in [5.74, 6) is -4.41. The van der Waals surface area contributed by atoms with Crippen molar-refractivity contribution in [3.8, 4) is 0 Å². The summed E-state index contributed by atoms with van der Waals surface area (Å²) in [6.07, 6.45) is -0.487. The molecule has 3 N–H and O–H groups in total. The summed E-state index contributed by atoms with van der Waals surface area (Å²) in [6, 6.07) is 7.31. The maximum absolute atomic E-state index is 13.2. The molecule has 2 aromatic rings. The van der Waals surface area contributed by atoms with Crippen LogP contribution in [-0.4, -0.2) is 33.4 Å². The van der Waals surface area contributed by atoms with Gasteiger partial charge in [-0.25, -0.2) is 13.6 Å². The van der Waals surface area contributed by atoms with Crippen LogP contribution in [0.15, 0.2) is 24.3 Å². The number of H-pyrrole nitrogens is 1. The molecule has 1 aromatic heterocycles. The summed E-state index contributed by atoms with van der Waals surface area (Å²) in [5, 5.41) is 13.0. The Morgan fingerprint density at radius 3 is 2.44 bits per heavy atom. The van der Waals surface area contributed by atoms with Gasteiger partial charge in [-0.2, -0.15) is 0 Å². The zero-order valence-electron chi connectivity index (χ0n) is 13.7. The number of aryl methyl sites for hydroxylation is 1. The summed E-state index contributed by atoms with van der Waals surface area (Å²) < 4.78 is 26.3. The first-order chi connectivity index (χ1) is 11.6. The fourth-order valence-corrected chi connectivity index (χ4v) is 4.53. The zero-order valence-corrected chi connectivity index (χ0v) is 13.7. The first kappa shape index (κ1) is 16.1. The van der Waals surface area contributed by atoms with Crippen LogP contribution in [-0.2, 0) is 4.79 Å². The smallest absolute Gasteiger partial charge is 0.329 e. The molecule has 0 aliphatic heterocycles. The molecule has 2 fully saturated rings. The van der Waals surface area contributed by atoms with Gasteiger partial charge in [-0.1, -0.05) is 18.2 Å². The molecule has 0 saturated heterocycles. The molecule has 5 nitrogen and oxygen atoms in total. The number of benzene rings is 1. The number of rotatable bonds is 3. The molecule has 1 aromatic carbocycles. The second kappa shape index (κ2) is 4.80. The summed E-state index contributed by atoms with van der Waals surface area (Å²) in [6.45, 7) is 1.91. The lowest BCUT2D eigenvalue weighted by atomic mass is 9.47. The third-order valence-corrected chi connectivity index (χ3v) is 5.49. The standard InChI is InChI=1S/C18H18F2N2O3/c1-10-3-2-4-11-5-12(21-13(10)11)14(23)22-17(15(24)25)6-16(7-17)8-18(19,20)9-16/h2-5,21H,6-9H2,1H3,(H,22,23)(H,24,25). The first-order valence-electron chi connectivity index (χ1n) is 8.16. The van der Waals surface area contributed by atoms with Crippen LogP contribution >= 0.6 is 0 Å². The Balaban J connectivity index is 1.54. The second-order valence-electron chi connectivity index (χ2n) is 7.63. The number of para-hydroxylation sites is 1. The van der Waals surface area contributed by atoms with Crippen molar-refractivity contribution in [1.29, 1.82) is 0 Å². The molecule has 1 spiro atoms. The van der Waals surface area contributed by atoms with E-state index in [2.05, 4.69) is 10.3 Å². The number of carbonyl (C=O) groups is 2. The van der Waals surface area contributed by atoms with Crippen LogP contribution in [0, 0.1) is 12.3 Å². The van der Waals surface area contributed by atoms with E-state index in [4.69, 9.17) is 0 Å². The molecule has 2 aliphatic rings. The molecule has 0 radical (unpaired) electrons. The molecule has 2 aliphatic carbocycles. The molecule has 0 unspecified atom stereocenters. The number of amides is 1. The van der Waals surface area contributed by atoms with Gasteiger partial charge in [0.2, 0.25) is 5.92 Å². The Bertz CT molecular complexity index is 887. The predicted molar refractivity (Wildman–Crippen MR) is 86.7 cm³/mol. The maximum atomic E-state index is 13.2. The first-order valence-corrected chi connectivity index (χ1v) is 8.16. The summed E-state index contributed by atoms with van der Waals surface area (Å²) in [4.78, 5) is 27.2. The number of aromatic amines is 1. The third-order valence-electron chi connectivity index (χ3n) is 5.49. The Hall–Kier alpha value is -2.44. The second-order valence-corrected chi connectivity index (χ2v) is 7.63. The number of fused-ring (bicyclic) bond motifs is 1. The molecule has 132 valence electrons. The Morgan fingerprint density at radius 1 is 1.20 bits per heavy atom. The van der Waals surface area contributed by atoms with Crippen LogP contribution in [0.1, 0.15) is 41.7 Å². The molecule has 25 heavy (non-hydrogen) atoms. The van der Waals surface area contributed by atoms with Crippen molar-refractivity contribution in [3.63, 3.8) is 0 Å². The van der Waals surface area contributed by atoms with Gasteiger partial charge in [0, 0.05) is 23.7 Å². The van der Waals surface area contributed by atoms with Crippen molar-refractivity contribution in [2.45, 2.75) is 44.1 Å². The Labute approximate surface area is 142 Å². The average Bonchev–Trinajstić information content (AvgIpc) is 2.88. The molecule has 1 amide bonds. The van der Waals surface area contributed by atoms with E-state index in [0.29, 0.717) is 0 Å². The van der Waals surface area contributed by atoms with E-state index >= 15 is 0 Å². The van der Waals surface area contributed by atoms with E-state index in [1.807, 2.05) is 25.1 Å². The van der Waals surface area contributed by atoms with Gasteiger partial charge in [0.05, 0.1) is 0 Å². The number of aromatic nitrogens is 1. The highest BCUT2D eigenvalue weighted by Gasteiger charge is 2.69. The number of hydrogen-bond acceptors (Lipinski definition) is 2. The number of aliphatic carboxylic acids is 1. The van der Waals surface area contributed by atoms with Crippen molar-refractivity contribution in [3.05, 3.63) is 35.5 Å². The highest BCUT2D eigenvalue weighted by molar-refractivity contribution is 6.01. The van der Waals surface area contributed by atoms with Gasteiger partial charge in [-0.15, -0.1) is 0 Å². The number of alkyl halides is 2. The van der Waals surface area contributed by atoms with Gasteiger partial charge < -0.3 is 15.4 Å². The Kier molecular flexibility index (Phi) is 3.08. The number of carboxylic acid groups (broad SMARTS) is 1. The van der Waals surface area contributed by atoms with E-state index in [1.54, 1.807) is 6.07 Å². The molecule has 2 saturated carbocycles. The quantitative estimate of drug-likeness (QED) is 0.796. The molecule has 0 bridgehead atoms. The van der Waals surface area contributed by atoms with Crippen molar-refractivity contribution in [1.82, 2.24) is 10.3 Å². The van der Waals surface area contributed by atoms with Crippen molar-refractivity contribution < 1.29 is 23.5 Å². The molecular weight excluding hydrogens is 330 g/mol.